The van der Waals surface area contributed by atoms with Crippen molar-refractivity contribution in [2.24, 2.45) is 5.92 Å². The van der Waals surface area contributed by atoms with Gasteiger partial charge in [0.1, 0.15) is 0 Å². The Morgan fingerprint density at radius 1 is 1.44 bits per heavy atom. The summed E-state index contributed by atoms with van der Waals surface area (Å²) in [6.45, 7) is 8.22. The van der Waals surface area contributed by atoms with Crippen LogP contribution in [-0.2, 0) is 0 Å². The van der Waals surface area contributed by atoms with Crippen LogP contribution in [0.2, 0.25) is 0 Å². The zero-order valence-corrected chi connectivity index (χ0v) is 6.56. The van der Waals surface area contributed by atoms with Gasteiger partial charge in [-0.15, -0.1) is 0 Å². The summed E-state index contributed by atoms with van der Waals surface area (Å²) < 4.78 is 0. The van der Waals surface area contributed by atoms with Gasteiger partial charge in [-0.25, -0.2) is 0 Å². The SMILES string of the molecule is [CH2]CC=CCC(C)CC. The topological polar surface area (TPSA) is 0 Å². The molecule has 0 aromatic rings. The van der Waals surface area contributed by atoms with Crippen molar-refractivity contribution in [3.63, 3.8) is 0 Å². The molecule has 0 heterocycles. The highest BCUT2D eigenvalue weighted by atomic mass is 14.0. The zero-order chi connectivity index (χ0) is 7.11. The van der Waals surface area contributed by atoms with Crippen LogP contribution in [0.15, 0.2) is 12.2 Å². The molecule has 0 N–H and O–H groups in total. The Morgan fingerprint density at radius 2 is 2.11 bits per heavy atom. The summed E-state index contributed by atoms with van der Waals surface area (Å²) in [4.78, 5) is 0. The monoisotopic (exact) mass is 125 g/mol. The minimum absolute atomic E-state index is 0.841. The van der Waals surface area contributed by atoms with Crippen LogP contribution in [0.1, 0.15) is 33.1 Å². The molecule has 0 fully saturated rings. The van der Waals surface area contributed by atoms with Crippen LogP contribution in [0, 0.1) is 12.8 Å². The molecule has 0 rings (SSSR count). The summed E-state index contributed by atoms with van der Waals surface area (Å²) in [6.07, 6.45) is 7.78. The van der Waals surface area contributed by atoms with Crippen molar-refractivity contribution in [1.82, 2.24) is 0 Å². The average molecular weight is 125 g/mol. The number of allylic oxidation sites excluding steroid dienone is 2. The van der Waals surface area contributed by atoms with Crippen LogP contribution >= 0.6 is 0 Å². The standard InChI is InChI=1S/C9H17/c1-4-6-7-8-9(3)5-2/h6-7,9H,1,4-5,8H2,2-3H3. The molecule has 0 saturated heterocycles. The van der Waals surface area contributed by atoms with Crippen molar-refractivity contribution >= 4 is 0 Å². The van der Waals surface area contributed by atoms with Crippen molar-refractivity contribution in [3.05, 3.63) is 19.1 Å². The van der Waals surface area contributed by atoms with Crippen molar-refractivity contribution < 1.29 is 0 Å². The molecule has 0 amide bonds. The molecule has 0 aliphatic rings. The highest BCUT2D eigenvalue weighted by Gasteiger charge is 1.91. The van der Waals surface area contributed by atoms with E-state index in [1.165, 1.54) is 12.8 Å². The first-order chi connectivity index (χ1) is 4.31. The van der Waals surface area contributed by atoms with E-state index in [1.54, 1.807) is 0 Å². The second kappa shape index (κ2) is 5.87. The second-order valence-corrected chi connectivity index (χ2v) is 2.51. The average Bonchev–Trinajstić information content (AvgIpc) is 1.89. The van der Waals surface area contributed by atoms with E-state index in [9.17, 15) is 0 Å². The van der Waals surface area contributed by atoms with Gasteiger partial charge in [0.2, 0.25) is 0 Å². The summed E-state index contributed by atoms with van der Waals surface area (Å²) in [7, 11) is 0. The van der Waals surface area contributed by atoms with Crippen molar-refractivity contribution in [2.45, 2.75) is 33.1 Å². The Hall–Kier alpha value is -0.260. The quantitative estimate of drug-likeness (QED) is 0.506. The maximum absolute atomic E-state index is 3.72. The summed E-state index contributed by atoms with van der Waals surface area (Å²) in [5.74, 6) is 0.841. The Kier molecular flexibility index (Phi) is 5.70. The normalized spacial score (nSPS) is 14.6. The van der Waals surface area contributed by atoms with Crippen LogP contribution in [0.5, 0.6) is 0 Å². The lowest BCUT2D eigenvalue weighted by molar-refractivity contribution is 0.571. The largest absolute Gasteiger partial charge is 0.0885 e. The molecular formula is C9H17. The molecule has 0 spiro atoms. The predicted molar refractivity (Wildman–Crippen MR) is 43.2 cm³/mol. The van der Waals surface area contributed by atoms with Gasteiger partial charge in [-0.3, -0.25) is 0 Å². The molecule has 1 unspecified atom stereocenters. The second-order valence-electron chi connectivity index (χ2n) is 2.51. The van der Waals surface area contributed by atoms with Crippen LogP contribution in [0.4, 0.5) is 0 Å². The van der Waals surface area contributed by atoms with E-state index in [0.29, 0.717) is 0 Å². The Labute approximate surface area is 59.0 Å². The molecule has 0 aliphatic heterocycles. The first-order valence-electron chi connectivity index (χ1n) is 3.75. The third-order valence-electron chi connectivity index (χ3n) is 1.57. The molecule has 0 aromatic carbocycles. The van der Waals surface area contributed by atoms with E-state index in [1.807, 2.05) is 0 Å². The predicted octanol–water partition coefficient (Wildman–Crippen LogP) is 3.20. The molecule has 0 bridgehead atoms. The summed E-state index contributed by atoms with van der Waals surface area (Å²) >= 11 is 0. The van der Waals surface area contributed by atoms with Gasteiger partial charge in [-0.1, -0.05) is 32.4 Å². The number of rotatable bonds is 4. The molecule has 0 aliphatic carbocycles. The molecular weight excluding hydrogens is 108 g/mol. The Morgan fingerprint density at radius 3 is 2.56 bits per heavy atom. The molecule has 0 heteroatoms. The highest BCUT2D eigenvalue weighted by Crippen LogP contribution is 2.06. The highest BCUT2D eigenvalue weighted by molar-refractivity contribution is 4.83. The minimum atomic E-state index is 0.841. The summed E-state index contributed by atoms with van der Waals surface area (Å²) in [5.41, 5.74) is 0. The third kappa shape index (κ3) is 5.61. The Balaban J connectivity index is 3.15. The summed E-state index contributed by atoms with van der Waals surface area (Å²) in [6, 6.07) is 0. The van der Waals surface area contributed by atoms with Crippen LogP contribution in [0.3, 0.4) is 0 Å². The first kappa shape index (κ1) is 8.74. The summed E-state index contributed by atoms with van der Waals surface area (Å²) in [5, 5.41) is 0. The lowest BCUT2D eigenvalue weighted by Gasteiger charge is -2.01. The van der Waals surface area contributed by atoms with E-state index in [0.717, 1.165) is 12.3 Å². The third-order valence-corrected chi connectivity index (χ3v) is 1.57. The van der Waals surface area contributed by atoms with Crippen molar-refractivity contribution in [3.8, 4) is 0 Å². The maximum atomic E-state index is 3.72. The fourth-order valence-electron chi connectivity index (χ4n) is 0.613. The van der Waals surface area contributed by atoms with Gasteiger partial charge in [0.15, 0.2) is 0 Å². The Bertz CT molecular complexity index is 72.1. The van der Waals surface area contributed by atoms with Gasteiger partial charge in [0.25, 0.3) is 0 Å². The van der Waals surface area contributed by atoms with Gasteiger partial charge in [-0.2, -0.15) is 0 Å². The van der Waals surface area contributed by atoms with Crippen LogP contribution < -0.4 is 0 Å². The van der Waals surface area contributed by atoms with Crippen LogP contribution in [-0.4, -0.2) is 0 Å². The molecule has 1 atom stereocenters. The van der Waals surface area contributed by atoms with E-state index in [2.05, 4.69) is 32.9 Å². The lowest BCUT2D eigenvalue weighted by Crippen LogP contribution is -1.87. The van der Waals surface area contributed by atoms with Crippen LogP contribution in [0.25, 0.3) is 0 Å². The van der Waals surface area contributed by atoms with Gasteiger partial charge >= 0.3 is 0 Å². The lowest BCUT2D eigenvalue weighted by atomic mass is 10.1. The maximum Gasteiger partial charge on any atom is -0.0325 e. The van der Waals surface area contributed by atoms with Gasteiger partial charge in [0.05, 0.1) is 0 Å². The number of hydrogen-bond acceptors (Lipinski definition) is 0. The zero-order valence-electron chi connectivity index (χ0n) is 6.56. The minimum Gasteiger partial charge on any atom is -0.0885 e. The fourth-order valence-corrected chi connectivity index (χ4v) is 0.613. The van der Waals surface area contributed by atoms with E-state index >= 15 is 0 Å². The van der Waals surface area contributed by atoms with Gasteiger partial charge in [-0.05, 0) is 25.7 Å². The molecule has 1 radical (unpaired) electrons. The van der Waals surface area contributed by atoms with E-state index in [4.69, 9.17) is 0 Å². The van der Waals surface area contributed by atoms with Crippen molar-refractivity contribution in [2.75, 3.05) is 0 Å². The molecule has 53 valence electrons. The molecule has 0 aromatic heterocycles. The van der Waals surface area contributed by atoms with Gasteiger partial charge in [0, 0.05) is 0 Å². The van der Waals surface area contributed by atoms with Crippen molar-refractivity contribution in [1.29, 1.82) is 0 Å². The number of hydrogen-bond donors (Lipinski definition) is 0. The smallest absolute Gasteiger partial charge is 0.0325 e. The first-order valence-corrected chi connectivity index (χ1v) is 3.75. The fraction of sp³-hybridized carbons (Fsp3) is 0.667. The molecule has 9 heavy (non-hydrogen) atoms. The van der Waals surface area contributed by atoms with E-state index < -0.39 is 0 Å². The van der Waals surface area contributed by atoms with Gasteiger partial charge < -0.3 is 0 Å². The van der Waals surface area contributed by atoms with E-state index in [-0.39, 0.29) is 0 Å². The molecule has 0 nitrogen and oxygen atoms in total. The molecule has 0 saturated carbocycles.